The van der Waals surface area contributed by atoms with Gasteiger partial charge in [0.05, 0.1) is 4.90 Å². The summed E-state index contributed by atoms with van der Waals surface area (Å²) < 4.78 is 63.7. The first-order valence-electron chi connectivity index (χ1n) is 8.60. The summed E-state index contributed by atoms with van der Waals surface area (Å²) >= 11 is 0. The monoisotopic (exact) mass is 421 g/mol. The largest absolute Gasteiger partial charge is 0.433 e. The van der Waals surface area contributed by atoms with E-state index in [1.54, 1.807) is 0 Å². The Kier molecular flexibility index (Phi) is 5.61. The fourth-order valence-corrected chi connectivity index (χ4v) is 3.36. The van der Waals surface area contributed by atoms with Crippen LogP contribution < -0.4 is 5.32 Å². The van der Waals surface area contributed by atoms with Crippen molar-refractivity contribution < 1.29 is 21.6 Å². The van der Waals surface area contributed by atoms with Gasteiger partial charge in [-0.25, -0.2) is 18.4 Å². The number of rotatable bonds is 5. The summed E-state index contributed by atoms with van der Waals surface area (Å²) in [4.78, 5) is 8.01. The molecule has 3 rings (SSSR count). The lowest BCUT2D eigenvalue weighted by Crippen LogP contribution is -2.15. The number of hydrogen-bond acceptors (Lipinski definition) is 5. The number of nitrogens with zero attached hydrogens (tertiary/aromatic N) is 2. The zero-order valence-corrected chi connectivity index (χ0v) is 16.5. The Morgan fingerprint density at radius 2 is 1.59 bits per heavy atom. The first kappa shape index (κ1) is 20.8. The van der Waals surface area contributed by atoms with Gasteiger partial charge < -0.3 is 5.32 Å². The Balaban J connectivity index is 2.03. The molecule has 29 heavy (non-hydrogen) atoms. The van der Waals surface area contributed by atoms with Crippen LogP contribution in [0.4, 0.5) is 19.0 Å². The van der Waals surface area contributed by atoms with Gasteiger partial charge in [-0.05, 0) is 36.8 Å². The summed E-state index contributed by atoms with van der Waals surface area (Å²) in [5.41, 5.74) is 0.0268. The summed E-state index contributed by atoms with van der Waals surface area (Å²) in [7, 11) is -3.42. The van der Waals surface area contributed by atoms with Gasteiger partial charge in [0.15, 0.2) is 21.4 Å². The molecule has 0 radical (unpaired) electrons. The van der Waals surface area contributed by atoms with Gasteiger partial charge >= 0.3 is 6.18 Å². The third kappa shape index (κ3) is 4.92. The molecule has 9 heteroatoms. The van der Waals surface area contributed by atoms with Gasteiger partial charge in [-0.1, -0.05) is 30.3 Å². The van der Waals surface area contributed by atoms with E-state index in [0.717, 1.165) is 11.8 Å². The average Bonchev–Trinajstić information content (AvgIpc) is 2.66. The molecule has 1 heterocycles. The lowest BCUT2D eigenvalue weighted by molar-refractivity contribution is -0.141. The first-order chi connectivity index (χ1) is 13.6. The highest BCUT2D eigenvalue weighted by Crippen LogP contribution is 2.34. The average molecular weight is 421 g/mol. The molecule has 0 unspecified atom stereocenters. The number of alkyl halides is 3. The minimum absolute atomic E-state index is 0.0619. The van der Waals surface area contributed by atoms with Crippen molar-refractivity contribution in [3.8, 4) is 11.4 Å². The van der Waals surface area contributed by atoms with Crippen LogP contribution in [0.1, 0.15) is 16.8 Å². The summed E-state index contributed by atoms with van der Waals surface area (Å²) in [6.07, 6.45) is -3.60. The SMILES string of the molecule is Cc1c(NCc2ccccc2)nc(-c2ccc(S(C)(=O)=O)cc2)nc1C(F)(F)F. The number of sulfone groups is 1. The fourth-order valence-electron chi connectivity index (χ4n) is 2.73. The van der Waals surface area contributed by atoms with E-state index >= 15 is 0 Å². The van der Waals surface area contributed by atoms with E-state index in [9.17, 15) is 21.6 Å². The predicted octanol–water partition coefficient (Wildman–Crippen LogP) is 4.49. The number of hydrogen-bond donors (Lipinski definition) is 1. The number of halogens is 3. The lowest BCUT2D eigenvalue weighted by Gasteiger charge is -2.16. The van der Waals surface area contributed by atoms with Crippen molar-refractivity contribution in [2.75, 3.05) is 11.6 Å². The van der Waals surface area contributed by atoms with E-state index < -0.39 is 21.7 Å². The predicted molar refractivity (Wildman–Crippen MR) is 104 cm³/mol. The summed E-state index contributed by atoms with van der Waals surface area (Å²) in [5, 5.41) is 2.94. The van der Waals surface area contributed by atoms with Gasteiger partial charge in [-0.3, -0.25) is 0 Å². The van der Waals surface area contributed by atoms with Crippen molar-refractivity contribution in [2.45, 2.75) is 24.5 Å². The topological polar surface area (TPSA) is 72.0 Å². The highest BCUT2D eigenvalue weighted by Gasteiger charge is 2.36. The second-order valence-electron chi connectivity index (χ2n) is 6.50. The van der Waals surface area contributed by atoms with Crippen LogP contribution >= 0.6 is 0 Å². The van der Waals surface area contributed by atoms with Crippen molar-refractivity contribution in [1.82, 2.24) is 9.97 Å². The molecule has 0 saturated carbocycles. The van der Waals surface area contributed by atoms with Crippen LogP contribution in [0.15, 0.2) is 59.5 Å². The van der Waals surface area contributed by atoms with Crippen LogP contribution in [0.5, 0.6) is 0 Å². The summed E-state index contributed by atoms with van der Waals surface area (Å²) in [6.45, 7) is 1.61. The molecule has 152 valence electrons. The van der Waals surface area contributed by atoms with Gasteiger partial charge in [0, 0.05) is 23.9 Å². The van der Waals surface area contributed by atoms with Crippen LogP contribution in [0.25, 0.3) is 11.4 Å². The van der Waals surface area contributed by atoms with E-state index in [1.165, 1.54) is 31.2 Å². The lowest BCUT2D eigenvalue weighted by atomic mass is 10.1. The van der Waals surface area contributed by atoms with Crippen LogP contribution in [-0.4, -0.2) is 24.6 Å². The summed E-state index contributed by atoms with van der Waals surface area (Å²) in [5.74, 6) is -0.0723. The smallest absolute Gasteiger partial charge is 0.366 e. The maximum Gasteiger partial charge on any atom is 0.433 e. The van der Waals surface area contributed by atoms with Crippen LogP contribution in [0, 0.1) is 6.92 Å². The van der Waals surface area contributed by atoms with E-state index in [1.807, 2.05) is 30.3 Å². The normalized spacial score (nSPS) is 12.0. The Labute approximate surface area is 166 Å². The Hall–Kier alpha value is -2.94. The fraction of sp³-hybridized carbons (Fsp3) is 0.200. The highest BCUT2D eigenvalue weighted by molar-refractivity contribution is 7.90. The molecule has 0 bridgehead atoms. The molecule has 2 aromatic carbocycles. The van der Waals surface area contributed by atoms with Crippen molar-refractivity contribution in [2.24, 2.45) is 0 Å². The maximum absolute atomic E-state index is 13.5. The van der Waals surface area contributed by atoms with Crippen LogP contribution in [0.2, 0.25) is 0 Å². The quantitative estimate of drug-likeness (QED) is 0.657. The molecule has 0 atom stereocenters. The van der Waals surface area contributed by atoms with Crippen molar-refractivity contribution in [3.63, 3.8) is 0 Å². The minimum Gasteiger partial charge on any atom is -0.366 e. The number of aromatic nitrogens is 2. The molecule has 0 aliphatic heterocycles. The molecule has 1 N–H and O–H groups in total. The molecule has 0 aliphatic rings. The minimum atomic E-state index is -4.66. The molecule has 0 spiro atoms. The van der Waals surface area contributed by atoms with Gasteiger partial charge in [0.2, 0.25) is 0 Å². The Bertz CT molecular complexity index is 1110. The number of nitrogens with one attached hydrogen (secondary N) is 1. The number of benzene rings is 2. The zero-order valence-electron chi connectivity index (χ0n) is 15.7. The van der Waals surface area contributed by atoms with E-state index in [-0.39, 0.29) is 27.7 Å². The molecule has 3 aromatic rings. The molecule has 0 aliphatic carbocycles. The molecule has 1 aromatic heterocycles. The second kappa shape index (κ2) is 7.82. The summed E-state index contributed by atoms with van der Waals surface area (Å²) in [6, 6.07) is 14.6. The van der Waals surface area contributed by atoms with Crippen LogP contribution in [-0.2, 0) is 22.6 Å². The van der Waals surface area contributed by atoms with E-state index in [4.69, 9.17) is 0 Å². The third-order valence-corrected chi connectivity index (χ3v) is 5.39. The molecular formula is C20H18F3N3O2S. The molecule has 0 amide bonds. The van der Waals surface area contributed by atoms with E-state index in [0.29, 0.717) is 6.54 Å². The van der Waals surface area contributed by atoms with Gasteiger partial charge in [-0.2, -0.15) is 13.2 Å². The number of anilines is 1. The van der Waals surface area contributed by atoms with Crippen molar-refractivity contribution in [3.05, 3.63) is 71.4 Å². The van der Waals surface area contributed by atoms with E-state index in [2.05, 4.69) is 15.3 Å². The van der Waals surface area contributed by atoms with Gasteiger partial charge in [0.1, 0.15) is 5.82 Å². The molecule has 0 fully saturated rings. The Morgan fingerprint density at radius 3 is 2.14 bits per heavy atom. The molecular weight excluding hydrogens is 403 g/mol. The van der Waals surface area contributed by atoms with Gasteiger partial charge in [-0.15, -0.1) is 0 Å². The Morgan fingerprint density at radius 1 is 0.966 bits per heavy atom. The first-order valence-corrected chi connectivity index (χ1v) is 10.5. The standard InChI is InChI=1S/C20H18F3N3O2S/c1-13-17(20(21,22)23)25-19(15-8-10-16(11-9-15)29(2,27)28)26-18(13)24-12-14-6-4-3-5-7-14/h3-11H,12H2,1-2H3,(H,24,25,26). The van der Waals surface area contributed by atoms with Crippen LogP contribution in [0.3, 0.4) is 0 Å². The maximum atomic E-state index is 13.5. The third-order valence-electron chi connectivity index (χ3n) is 4.26. The van der Waals surface area contributed by atoms with Crippen molar-refractivity contribution >= 4 is 15.7 Å². The zero-order chi connectivity index (χ0) is 21.2. The highest BCUT2D eigenvalue weighted by atomic mass is 32.2. The molecule has 0 saturated heterocycles. The van der Waals surface area contributed by atoms with Crippen molar-refractivity contribution in [1.29, 1.82) is 0 Å². The second-order valence-corrected chi connectivity index (χ2v) is 8.52. The molecule has 5 nitrogen and oxygen atoms in total. The van der Waals surface area contributed by atoms with Gasteiger partial charge in [0.25, 0.3) is 0 Å².